The molecule has 0 bridgehead atoms. The van der Waals surface area contributed by atoms with Gasteiger partial charge in [-0.1, -0.05) is 6.07 Å². The van der Waals surface area contributed by atoms with Crippen LogP contribution in [0.1, 0.15) is 33.2 Å². The highest BCUT2D eigenvalue weighted by Crippen LogP contribution is 2.18. The summed E-state index contributed by atoms with van der Waals surface area (Å²) < 4.78 is 4.59. The van der Waals surface area contributed by atoms with Gasteiger partial charge in [0.15, 0.2) is 5.78 Å². The summed E-state index contributed by atoms with van der Waals surface area (Å²) in [6, 6.07) is 4.62. The second-order valence-corrected chi connectivity index (χ2v) is 4.40. The van der Waals surface area contributed by atoms with Crippen molar-refractivity contribution >= 4 is 35.0 Å². The number of carbonyl (C=O) groups excluding carboxylic acids is 2. The van der Waals surface area contributed by atoms with Crippen LogP contribution in [0.2, 0.25) is 0 Å². The van der Waals surface area contributed by atoms with Crippen molar-refractivity contribution in [3.8, 4) is 0 Å². The fourth-order valence-electron chi connectivity index (χ4n) is 1.40. The lowest BCUT2D eigenvalue weighted by Gasteiger charge is -2.09. The molecule has 5 heteroatoms. The Hall–Kier alpha value is -1.06. The molecule has 1 atom stereocenters. The highest BCUT2D eigenvalue weighted by atomic mass is 35.5. The van der Waals surface area contributed by atoms with Crippen molar-refractivity contribution in [3.63, 3.8) is 0 Å². The van der Waals surface area contributed by atoms with Gasteiger partial charge >= 0.3 is 5.97 Å². The molecule has 1 unspecified atom stereocenters. The van der Waals surface area contributed by atoms with Gasteiger partial charge in [-0.25, -0.2) is 4.79 Å². The Morgan fingerprint density at radius 2 is 2.06 bits per heavy atom. The maximum atomic E-state index is 11.8. The van der Waals surface area contributed by atoms with Crippen molar-refractivity contribution in [2.24, 2.45) is 0 Å². The third-order valence-electron chi connectivity index (χ3n) is 2.30. The second-order valence-electron chi connectivity index (χ2n) is 3.48. The highest BCUT2D eigenvalue weighted by Gasteiger charge is 2.17. The Morgan fingerprint density at radius 3 is 2.53 bits per heavy atom. The summed E-state index contributed by atoms with van der Waals surface area (Å²) in [7, 11) is 1.29. The molecular formula is C12H12Cl2O3. The van der Waals surface area contributed by atoms with E-state index in [2.05, 4.69) is 4.74 Å². The number of alkyl halides is 2. The highest BCUT2D eigenvalue weighted by molar-refractivity contribution is 6.34. The first-order valence-electron chi connectivity index (χ1n) is 4.96. The van der Waals surface area contributed by atoms with Crippen molar-refractivity contribution in [2.45, 2.75) is 18.2 Å². The lowest BCUT2D eigenvalue weighted by molar-refractivity contribution is 0.0600. The van der Waals surface area contributed by atoms with Gasteiger partial charge in [-0.2, -0.15) is 0 Å². The SMILES string of the molecule is COC(=O)c1ccc(C(=O)C(C)Cl)c(CCl)c1. The zero-order chi connectivity index (χ0) is 13.0. The van der Waals surface area contributed by atoms with Gasteiger partial charge in [0.25, 0.3) is 0 Å². The largest absolute Gasteiger partial charge is 0.465 e. The Morgan fingerprint density at radius 1 is 1.41 bits per heavy atom. The number of Topliss-reactive ketones (excluding diaryl/α,β-unsaturated/α-hetero) is 1. The molecule has 1 rings (SSSR count). The van der Waals surface area contributed by atoms with Gasteiger partial charge in [0, 0.05) is 11.4 Å². The van der Waals surface area contributed by atoms with Crippen LogP contribution in [0.25, 0.3) is 0 Å². The van der Waals surface area contributed by atoms with Crippen molar-refractivity contribution in [1.29, 1.82) is 0 Å². The summed E-state index contributed by atoms with van der Waals surface area (Å²) in [5.74, 6) is -0.539. The van der Waals surface area contributed by atoms with Gasteiger partial charge in [0.2, 0.25) is 0 Å². The summed E-state index contributed by atoms with van der Waals surface area (Å²) in [5.41, 5.74) is 1.38. The minimum atomic E-state index is -0.624. The molecule has 0 saturated heterocycles. The maximum Gasteiger partial charge on any atom is 0.337 e. The van der Waals surface area contributed by atoms with Gasteiger partial charge < -0.3 is 4.74 Å². The lowest BCUT2D eigenvalue weighted by atomic mass is 10.0. The van der Waals surface area contributed by atoms with Crippen LogP contribution in [0, 0.1) is 0 Å². The number of esters is 1. The molecular weight excluding hydrogens is 263 g/mol. The predicted octanol–water partition coefficient (Wildman–Crippen LogP) is 3.02. The quantitative estimate of drug-likeness (QED) is 0.482. The standard InChI is InChI=1S/C12H12Cl2O3/c1-7(14)11(15)10-4-3-8(12(16)17-2)5-9(10)6-13/h3-5,7H,6H2,1-2H3. The lowest BCUT2D eigenvalue weighted by Crippen LogP contribution is -2.13. The van der Waals surface area contributed by atoms with Crippen molar-refractivity contribution < 1.29 is 14.3 Å². The number of methoxy groups -OCH3 is 1. The molecule has 3 nitrogen and oxygen atoms in total. The Kier molecular flexibility index (Phi) is 4.97. The van der Waals surface area contributed by atoms with Crippen molar-refractivity contribution in [1.82, 2.24) is 0 Å². The van der Waals surface area contributed by atoms with Crippen LogP contribution in [0.4, 0.5) is 0 Å². The number of hydrogen-bond acceptors (Lipinski definition) is 3. The third kappa shape index (κ3) is 3.20. The predicted molar refractivity (Wildman–Crippen MR) is 67.0 cm³/mol. The molecule has 0 aromatic heterocycles. The molecule has 0 heterocycles. The number of ketones is 1. The molecule has 0 amide bonds. The molecule has 0 aliphatic rings. The molecule has 0 aliphatic heterocycles. The van der Waals surface area contributed by atoms with E-state index in [0.29, 0.717) is 16.7 Å². The van der Waals surface area contributed by atoms with E-state index in [1.165, 1.54) is 13.2 Å². The summed E-state index contributed by atoms with van der Waals surface area (Å²) >= 11 is 11.5. The molecule has 0 aliphatic carbocycles. The molecule has 1 aromatic carbocycles. The molecule has 0 fully saturated rings. The Bertz CT molecular complexity index is 441. The van der Waals surface area contributed by atoms with Gasteiger partial charge in [-0.3, -0.25) is 4.79 Å². The number of hydrogen-bond donors (Lipinski definition) is 0. The van der Waals surface area contributed by atoms with E-state index >= 15 is 0 Å². The molecule has 0 radical (unpaired) electrons. The van der Waals surface area contributed by atoms with E-state index in [-0.39, 0.29) is 11.7 Å². The fourth-order valence-corrected chi connectivity index (χ4v) is 1.74. The molecule has 92 valence electrons. The van der Waals surface area contributed by atoms with E-state index in [1.807, 2.05) is 0 Å². The molecule has 0 N–H and O–H groups in total. The number of rotatable bonds is 4. The van der Waals surface area contributed by atoms with Crippen LogP contribution in [0.3, 0.4) is 0 Å². The number of halogens is 2. The minimum Gasteiger partial charge on any atom is -0.465 e. The monoisotopic (exact) mass is 274 g/mol. The maximum absolute atomic E-state index is 11.8. The van der Waals surface area contributed by atoms with Crippen LogP contribution in [0.5, 0.6) is 0 Å². The first-order chi connectivity index (χ1) is 8.01. The third-order valence-corrected chi connectivity index (χ3v) is 2.78. The number of benzene rings is 1. The Labute approximate surface area is 110 Å². The fraction of sp³-hybridized carbons (Fsp3) is 0.333. The zero-order valence-electron chi connectivity index (χ0n) is 9.50. The smallest absolute Gasteiger partial charge is 0.337 e. The molecule has 1 aromatic rings. The second kappa shape index (κ2) is 6.03. The van der Waals surface area contributed by atoms with Crippen LogP contribution >= 0.6 is 23.2 Å². The molecule has 0 saturated carbocycles. The average Bonchev–Trinajstić information content (AvgIpc) is 2.35. The minimum absolute atomic E-state index is 0.134. The van der Waals surface area contributed by atoms with Crippen LogP contribution < -0.4 is 0 Å². The summed E-state index contributed by atoms with van der Waals surface area (Å²) in [4.78, 5) is 23.1. The molecule has 0 spiro atoms. The van der Waals surface area contributed by atoms with E-state index < -0.39 is 11.3 Å². The van der Waals surface area contributed by atoms with Crippen molar-refractivity contribution in [3.05, 3.63) is 34.9 Å². The topological polar surface area (TPSA) is 43.4 Å². The van der Waals surface area contributed by atoms with Gasteiger partial charge in [0.1, 0.15) is 0 Å². The molecule has 17 heavy (non-hydrogen) atoms. The summed E-state index contributed by atoms with van der Waals surface area (Å²) in [5, 5.41) is -0.624. The normalized spacial score (nSPS) is 12.0. The van der Waals surface area contributed by atoms with Gasteiger partial charge in [0.05, 0.1) is 18.1 Å². The van der Waals surface area contributed by atoms with Crippen LogP contribution in [-0.4, -0.2) is 24.2 Å². The average molecular weight is 275 g/mol. The van der Waals surface area contributed by atoms with Gasteiger partial charge in [-0.15, -0.1) is 23.2 Å². The summed E-state index contributed by atoms with van der Waals surface area (Å²) in [6.45, 7) is 1.59. The number of carbonyl (C=O) groups is 2. The van der Waals surface area contributed by atoms with E-state index in [9.17, 15) is 9.59 Å². The van der Waals surface area contributed by atoms with Crippen LogP contribution in [-0.2, 0) is 10.6 Å². The Balaban J connectivity index is 3.18. The zero-order valence-corrected chi connectivity index (χ0v) is 11.0. The van der Waals surface area contributed by atoms with Crippen LogP contribution in [0.15, 0.2) is 18.2 Å². The van der Waals surface area contributed by atoms with Crippen molar-refractivity contribution in [2.75, 3.05) is 7.11 Å². The first-order valence-corrected chi connectivity index (χ1v) is 5.93. The number of ether oxygens (including phenoxy) is 1. The van der Waals surface area contributed by atoms with E-state index in [0.717, 1.165) is 0 Å². The van der Waals surface area contributed by atoms with E-state index in [1.54, 1.807) is 19.1 Å². The summed E-state index contributed by atoms with van der Waals surface area (Å²) in [6.07, 6.45) is 0. The van der Waals surface area contributed by atoms with Gasteiger partial charge in [-0.05, 0) is 24.6 Å². The first kappa shape index (κ1) is 14.0. The van der Waals surface area contributed by atoms with E-state index in [4.69, 9.17) is 23.2 Å².